The van der Waals surface area contributed by atoms with Gasteiger partial charge in [0.05, 0.1) is 6.10 Å². The van der Waals surface area contributed by atoms with Crippen LogP contribution in [0.1, 0.15) is 38.3 Å². The second kappa shape index (κ2) is 5.90. The Hall–Kier alpha value is -1.02. The summed E-state index contributed by atoms with van der Waals surface area (Å²) in [5.74, 6) is 1.61. The van der Waals surface area contributed by atoms with Crippen molar-refractivity contribution < 1.29 is 4.74 Å². The average molecular weight is 221 g/mol. The lowest BCUT2D eigenvalue weighted by atomic mass is 10.1. The van der Waals surface area contributed by atoms with E-state index in [1.807, 2.05) is 12.1 Å². The van der Waals surface area contributed by atoms with Crippen LogP contribution in [-0.4, -0.2) is 6.10 Å². The molecule has 0 aliphatic heterocycles. The topological polar surface area (TPSA) is 35.2 Å². The van der Waals surface area contributed by atoms with E-state index in [1.165, 1.54) is 11.1 Å². The van der Waals surface area contributed by atoms with Gasteiger partial charge in [0.15, 0.2) is 0 Å². The third-order valence-electron chi connectivity index (χ3n) is 2.67. The minimum Gasteiger partial charge on any atom is -0.491 e. The molecule has 1 atom stereocenters. The van der Waals surface area contributed by atoms with Crippen LogP contribution in [-0.2, 0) is 6.54 Å². The van der Waals surface area contributed by atoms with E-state index in [1.54, 1.807) is 0 Å². The SMILES string of the molecule is Cc1cc(OC(C)CC(C)C)ccc1CN. The van der Waals surface area contributed by atoms with Crippen LogP contribution in [0.15, 0.2) is 18.2 Å². The number of benzene rings is 1. The third-order valence-corrected chi connectivity index (χ3v) is 2.67. The summed E-state index contributed by atoms with van der Waals surface area (Å²) >= 11 is 0. The van der Waals surface area contributed by atoms with Crippen LogP contribution in [0, 0.1) is 12.8 Å². The van der Waals surface area contributed by atoms with Crippen molar-refractivity contribution in [2.24, 2.45) is 11.7 Å². The Kier molecular flexibility index (Phi) is 4.81. The van der Waals surface area contributed by atoms with E-state index >= 15 is 0 Å². The Morgan fingerprint density at radius 1 is 1.25 bits per heavy atom. The Bertz CT molecular complexity index is 334. The van der Waals surface area contributed by atoms with Crippen molar-refractivity contribution in [3.63, 3.8) is 0 Å². The van der Waals surface area contributed by atoms with Crippen LogP contribution in [0.25, 0.3) is 0 Å². The molecule has 1 aromatic carbocycles. The molecule has 0 bridgehead atoms. The molecule has 0 heterocycles. The molecule has 2 heteroatoms. The monoisotopic (exact) mass is 221 g/mol. The molecule has 0 aliphatic carbocycles. The summed E-state index contributed by atoms with van der Waals surface area (Å²) in [5, 5.41) is 0. The van der Waals surface area contributed by atoms with E-state index in [9.17, 15) is 0 Å². The van der Waals surface area contributed by atoms with Gasteiger partial charge in [0.2, 0.25) is 0 Å². The molecule has 0 radical (unpaired) electrons. The summed E-state index contributed by atoms with van der Waals surface area (Å²) in [6.07, 6.45) is 1.35. The zero-order valence-electron chi connectivity index (χ0n) is 10.8. The van der Waals surface area contributed by atoms with Crippen molar-refractivity contribution in [1.82, 2.24) is 0 Å². The van der Waals surface area contributed by atoms with Gasteiger partial charge in [0.1, 0.15) is 5.75 Å². The fraction of sp³-hybridized carbons (Fsp3) is 0.571. The molecule has 0 saturated carbocycles. The van der Waals surface area contributed by atoms with Gasteiger partial charge in [0.25, 0.3) is 0 Å². The molecule has 0 fully saturated rings. The molecule has 0 aliphatic rings. The molecule has 90 valence electrons. The molecule has 0 saturated heterocycles. The third kappa shape index (κ3) is 3.86. The normalized spacial score (nSPS) is 12.9. The van der Waals surface area contributed by atoms with Gasteiger partial charge in [-0.2, -0.15) is 0 Å². The van der Waals surface area contributed by atoms with E-state index in [0.29, 0.717) is 12.5 Å². The lowest BCUT2D eigenvalue weighted by molar-refractivity contribution is 0.193. The molecule has 1 rings (SSSR count). The molecule has 1 aromatic rings. The lowest BCUT2D eigenvalue weighted by Gasteiger charge is -2.17. The Labute approximate surface area is 98.8 Å². The van der Waals surface area contributed by atoms with Crippen molar-refractivity contribution in [2.45, 2.75) is 46.8 Å². The van der Waals surface area contributed by atoms with Crippen LogP contribution in [0.5, 0.6) is 5.75 Å². The van der Waals surface area contributed by atoms with Crippen LogP contribution >= 0.6 is 0 Å². The molecular weight excluding hydrogens is 198 g/mol. The Morgan fingerprint density at radius 2 is 1.94 bits per heavy atom. The number of nitrogens with two attached hydrogens (primary N) is 1. The largest absolute Gasteiger partial charge is 0.491 e. The number of hydrogen-bond donors (Lipinski definition) is 1. The minimum atomic E-state index is 0.267. The van der Waals surface area contributed by atoms with Gasteiger partial charge in [-0.25, -0.2) is 0 Å². The maximum Gasteiger partial charge on any atom is 0.119 e. The summed E-state index contributed by atoms with van der Waals surface area (Å²) in [6.45, 7) is 9.20. The summed E-state index contributed by atoms with van der Waals surface area (Å²) < 4.78 is 5.86. The first-order chi connectivity index (χ1) is 7.52. The Morgan fingerprint density at radius 3 is 2.44 bits per heavy atom. The average Bonchev–Trinajstić information content (AvgIpc) is 2.16. The first-order valence-corrected chi connectivity index (χ1v) is 5.99. The molecule has 2 N–H and O–H groups in total. The molecule has 0 spiro atoms. The van der Waals surface area contributed by atoms with Crippen molar-refractivity contribution in [3.8, 4) is 5.75 Å². The fourth-order valence-corrected chi connectivity index (χ4v) is 1.91. The van der Waals surface area contributed by atoms with Gasteiger partial charge in [0, 0.05) is 6.54 Å². The minimum absolute atomic E-state index is 0.267. The molecule has 0 amide bonds. The number of ether oxygens (including phenoxy) is 1. The van der Waals surface area contributed by atoms with Crippen molar-refractivity contribution >= 4 is 0 Å². The van der Waals surface area contributed by atoms with Crippen LogP contribution in [0.2, 0.25) is 0 Å². The van der Waals surface area contributed by atoms with Gasteiger partial charge in [-0.3, -0.25) is 0 Å². The lowest BCUT2D eigenvalue weighted by Crippen LogP contribution is -2.14. The van der Waals surface area contributed by atoms with Gasteiger partial charge in [-0.15, -0.1) is 0 Å². The zero-order chi connectivity index (χ0) is 12.1. The Balaban J connectivity index is 2.64. The highest BCUT2D eigenvalue weighted by Gasteiger charge is 2.07. The van der Waals surface area contributed by atoms with Crippen LogP contribution in [0.4, 0.5) is 0 Å². The highest BCUT2D eigenvalue weighted by molar-refractivity contribution is 5.34. The quantitative estimate of drug-likeness (QED) is 0.828. The van der Waals surface area contributed by atoms with Crippen LogP contribution in [0.3, 0.4) is 0 Å². The van der Waals surface area contributed by atoms with E-state index in [0.717, 1.165) is 12.2 Å². The predicted octanol–water partition coefficient (Wildman–Crippen LogP) is 3.27. The van der Waals surface area contributed by atoms with E-state index in [4.69, 9.17) is 10.5 Å². The van der Waals surface area contributed by atoms with E-state index in [2.05, 4.69) is 33.8 Å². The maximum absolute atomic E-state index is 5.86. The van der Waals surface area contributed by atoms with Gasteiger partial charge in [-0.1, -0.05) is 19.9 Å². The van der Waals surface area contributed by atoms with Gasteiger partial charge >= 0.3 is 0 Å². The second-order valence-corrected chi connectivity index (χ2v) is 4.85. The highest BCUT2D eigenvalue weighted by atomic mass is 16.5. The second-order valence-electron chi connectivity index (χ2n) is 4.85. The molecule has 0 aromatic heterocycles. The predicted molar refractivity (Wildman–Crippen MR) is 68.6 cm³/mol. The smallest absolute Gasteiger partial charge is 0.119 e. The van der Waals surface area contributed by atoms with Gasteiger partial charge in [-0.05, 0) is 49.4 Å². The van der Waals surface area contributed by atoms with Gasteiger partial charge < -0.3 is 10.5 Å². The number of hydrogen-bond acceptors (Lipinski definition) is 2. The number of aryl methyl sites for hydroxylation is 1. The zero-order valence-corrected chi connectivity index (χ0v) is 10.8. The van der Waals surface area contributed by atoms with Crippen molar-refractivity contribution in [1.29, 1.82) is 0 Å². The van der Waals surface area contributed by atoms with Crippen molar-refractivity contribution in [2.75, 3.05) is 0 Å². The molecular formula is C14H23NO. The standard InChI is InChI=1S/C14H23NO/c1-10(2)7-12(4)16-14-6-5-13(9-15)11(3)8-14/h5-6,8,10,12H,7,9,15H2,1-4H3. The summed E-state index contributed by atoms with van der Waals surface area (Å²) in [7, 11) is 0. The molecule has 1 unspecified atom stereocenters. The molecule has 16 heavy (non-hydrogen) atoms. The number of rotatable bonds is 5. The summed E-state index contributed by atoms with van der Waals surface area (Å²) in [4.78, 5) is 0. The van der Waals surface area contributed by atoms with E-state index < -0.39 is 0 Å². The van der Waals surface area contributed by atoms with Crippen LogP contribution < -0.4 is 10.5 Å². The van der Waals surface area contributed by atoms with E-state index in [-0.39, 0.29) is 6.10 Å². The fourth-order valence-electron chi connectivity index (χ4n) is 1.91. The maximum atomic E-state index is 5.86. The van der Waals surface area contributed by atoms with Crippen molar-refractivity contribution in [3.05, 3.63) is 29.3 Å². The first-order valence-electron chi connectivity index (χ1n) is 5.99. The first kappa shape index (κ1) is 13.0. The summed E-state index contributed by atoms with van der Waals surface area (Å²) in [6, 6.07) is 6.12. The highest BCUT2D eigenvalue weighted by Crippen LogP contribution is 2.19. The molecule has 2 nitrogen and oxygen atoms in total. The summed E-state index contributed by atoms with van der Waals surface area (Å²) in [5.41, 5.74) is 8.02.